The van der Waals surface area contributed by atoms with Gasteiger partial charge in [-0.05, 0) is 30.3 Å². The second-order valence-electron chi connectivity index (χ2n) is 5.81. The number of nitrogens with one attached hydrogen (secondary N) is 1. The van der Waals surface area contributed by atoms with Crippen molar-refractivity contribution in [3.8, 4) is 5.75 Å². The number of rotatable bonds is 6. The standard InChI is InChI=1S/C18H19ClN2O5S/c19-16-7-6-15(27(23,24)21-8-10-25-11-9-21)12-17(16)20-18(22)13-26-14-4-2-1-3-5-14/h1-7,12H,8-11,13H2,(H,20,22). The lowest BCUT2D eigenvalue weighted by atomic mass is 10.3. The highest BCUT2D eigenvalue weighted by Gasteiger charge is 2.27. The lowest BCUT2D eigenvalue weighted by Gasteiger charge is -2.26. The number of nitrogens with zero attached hydrogens (tertiary/aromatic N) is 1. The van der Waals surface area contributed by atoms with Crippen LogP contribution in [0.3, 0.4) is 0 Å². The maximum Gasteiger partial charge on any atom is 0.262 e. The minimum Gasteiger partial charge on any atom is -0.484 e. The number of anilines is 1. The van der Waals surface area contributed by atoms with E-state index in [2.05, 4.69) is 5.32 Å². The fraction of sp³-hybridized carbons (Fsp3) is 0.278. The molecule has 0 atom stereocenters. The molecular weight excluding hydrogens is 392 g/mol. The van der Waals surface area contributed by atoms with Gasteiger partial charge in [0.1, 0.15) is 5.75 Å². The zero-order valence-corrected chi connectivity index (χ0v) is 16.0. The van der Waals surface area contributed by atoms with Crippen LogP contribution in [0.4, 0.5) is 5.69 Å². The number of morpholine rings is 1. The molecule has 2 aromatic carbocycles. The number of carbonyl (C=O) groups is 1. The molecule has 1 aliphatic heterocycles. The van der Waals surface area contributed by atoms with Crippen LogP contribution in [-0.2, 0) is 19.6 Å². The van der Waals surface area contributed by atoms with Crippen LogP contribution in [-0.4, -0.2) is 51.5 Å². The number of sulfonamides is 1. The third-order valence-corrected chi connectivity index (χ3v) is 6.16. The molecule has 0 saturated carbocycles. The van der Waals surface area contributed by atoms with E-state index < -0.39 is 15.9 Å². The molecule has 1 aliphatic rings. The number of para-hydroxylation sites is 1. The van der Waals surface area contributed by atoms with Crippen LogP contribution >= 0.6 is 11.6 Å². The summed E-state index contributed by atoms with van der Waals surface area (Å²) in [5, 5.41) is 2.83. The van der Waals surface area contributed by atoms with Gasteiger partial charge in [-0.3, -0.25) is 4.79 Å². The van der Waals surface area contributed by atoms with Gasteiger partial charge in [-0.25, -0.2) is 8.42 Å². The summed E-state index contributed by atoms with van der Waals surface area (Å²) in [5.74, 6) is 0.115. The van der Waals surface area contributed by atoms with Crippen molar-refractivity contribution < 1.29 is 22.7 Å². The Morgan fingerprint density at radius 3 is 2.56 bits per heavy atom. The van der Waals surface area contributed by atoms with E-state index in [1.165, 1.54) is 22.5 Å². The highest BCUT2D eigenvalue weighted by molar-refractivity contribution is 7.89. The Morgan fingerprint density at radius 1 is 1.15 bits per heavy atom. The molecule has 3 rings (SSSR count). The van der Waals surface area contributed by atoms with Crippen molar-refractivity contribution in [3.05, 3.63) is 53.6 Å². The molecule has 0 spiro atoms. The third-order valence-electron chi connectivity index (χ3n) is 3.93. The Hall–Kier alpha value is -2.13. The van der Waals surface area contributed by atoms with Gasteiger partial charge in [-0.2, -0.15) is 4.31 Å². The quantitative estimate of drug-likeness (QED) is 0.790. The van der Waals surface area contributed by atoms with Crippen LogP contribution in [0.1, 0.15) is 0 Å². The Morgan fingerprint density at radius 2 is 1.85 bits per heavy atom. The fourth-order valence-electron chi connectivity index (χ4n) is 2.55. The zero-order chi connectivity index (χ0) is 19.3. The Balaban J connectivity index is 1.70. The van der Waals surface area contributed by atoms with Crippen LogP contribution in [0.15, 0.2) is 53.4 Å². The van der Waals surface area contributed by atoms with Crippen molar-refractivity contribution in [2.24, 2.45) is 0 Å². The van der Waals surface area contributed by atoms with E-state index in [1.54, 1.807) is 24.3 Å². The van der Waals surface area contributed by atoms with Gasteiger partial charge in [0.05, 0.1) is 28.8 Å². The van der Waals surface area contributed by atoms with Gasteiger partial charge in [-0.15, -0.1) is 0 Å². The molecule has 2 aromatic rings. The van der Waals surface area contributed by atoms with Crippen molar-refractivity contribution in [1.29, 1.82) is 0 Å². The van der Waals surface area contributed by atoms with Crippen molar-refractivity contribution in [2.75, 3.05) is 38.2 Å². The molecule has 1 N–H and O–H groups in total. The summed E-state index contributed by atoms with van der Waals surface area (Å²) in [6.07, 6.45) is 0. The molecule has 1 saturated heterocycles. The monoisotopic (exact) mass is 410 g/mol. The summed E-state index contributed by atoms with van der Waals surface area (Å²) >= 11 is 6.11. The second-order valence-corrected chi connectivity index (χ2v) is 8.15. The summed E-state index contributed by atoms with van der Waals surface area (Å²) in [5.41, 5.74) is 0.215. The van der Waals surface area contributed by atoms with Crippen molar-refractivity contribution >= 4 is 33.2 Å². The number of amides is 1. The molecule has 0 aliphatic carbocycles. The molecular formula is C18H19ClN2O5S. The van der Waals surface area contributed by atoms with Gasteiger partial charge in [0.15, 0.2) is 6.61 Å². The van der Waals surface area contributed by atoms with Gasteiger partial charge in [0.2, 0.25) is 10.0 Å². The van der Waals surface area contributed by atoms with Gasteiger partial charge >= 0.3 is 0 Å². The van der Waals surface area contributed by atoms with Gasteiger partial charge in [0.25, 0.3) is 5.91 Å². The van der Waals surface area contributed by atoms with Gasteiger partial charge < -0.3 is 14.8 Å². The number of benzene rings is 2. The SMILES string of the molecule is O=C(COc1ccccc1)Nc1cc(S(=O)(=O)N2CCOCC2)ccc1Cl. The van der Waals surface area contributed by atoms with Crippen molar-refractivity contribution in [2.45, 2.75) is 4.90 Å². The predicted octanol–water partition coefficient (Wildman–Crippen LogP) is 2.38. The summed E-state index contributed by atoms with van der Waals surface area (Å²) in [6, 6.07) is 13.1. The average molecular weight is 411 g/mol. The lowest BCUT2D eigenvalue weighted by molar-refractivity contribution is -0.118. The molecule has 0 unspecified atom stereocenters. The molecule has 1 heterocycles. The number of hydrogen-bond acceptors (Lipinski definition) is 5. The fourth-order valence-corrected chi connectivity index (χ4v) is 4.15. The highest BCUT2D eigenvalue weighted by Crippen LogP contribution is 2.27. The Kier molecular flexibility index (Phi) is 6.33. The smallest absolute Gasteiger partial charge is 0.262 e. The molecule has 144 valence electrons. The van der Waals surface area contributed by atoms with Gasteiger partial charge in [-0.1, -0.05) is 29.8 Å². The summed E-state index contributed by atoms with van der Waals surface area (Å²) < 4.78 is 37.4. The molecule has 0 aromatic heterocycles. The number of halogens is 1. The van der Waals surface area contributed by atoms with Crippen LogP contribution in [0.2, 0.25) is 5.02 Å². The normalized spacial score (nSPS) is 15.3. The predicted molar refractivity (Wildman–Crippen MR) is 102 cm³/mol. The summed E-state index contributed by atoms with van der Waals surface area (Å²) in [6.45, 7) is 1.07. The zero-order valence-electron chi connectivity index (χ0n) is 14.4. The van der Waals surface area contributed by atoms with E-state index in [1.807, 2.05) is 6.07 Å². The second kappa shape index (κ2) is 8.71. The van der Waals surface area contributed by atoms with Crippen molar-refractivity contribution in [3.63, 3.8) is 0 Å². The van der Waals surface area contributed by atoms with E-state index >= 15 is 0 Å². The first kappa shape index (κ1) is 19.6. The van der Waals surface area contributed by atoms with Crippen LogP contribution < -0.4 is 10.1 Å². The van der Waals surface area contributed by atoms with E-state index in [0.717, 1.165) is 0 Å². The molecule has 9 heteroatoms. The maximum atomic E-state index is 12.7. The molecule has 1 amide bonds. The third kappa shape index (κ3) is 4.98. The van der Waals surface area contributed by atoms with E-state index in [0.29, 0.717) is 19.0 Å². The van der Waals surface area contributed by atoms with Gasteiger partial charge in [0, 0.05) is 13.1 Å². The van der Waals surface area contributed by atoms with E-state index in [4.69, 9.17) is 21.1 Å². The van der Waals surface area contributed by atoms with Crippen LogP contribution in [0.5, 0.6) is 5.75 Å². The molecule has 7 nitrogen and oxygen atoms in total. The Bertz CT molecular complexity index is 899. The largest absolute Gasteiger partial charge is 0.484 e. The first-order valence-corrected chi connectivity index (χ1v) is 10.1. The first-order chi connectivity index (χ1) is 13.0. The number of hydrogen-bond donors (Lipinski definition) is 1. The average Bonchev–Trinajstić information content (AvgIpc) is 2.69. The minimum atomic E-state index is -3.68. The molecule has 0 bridgehead atoms. The Labute approximate surface area is 162 Å². The molecule has 1 fully saturated rings. The van der Waals surface area contributed by atoms with E-state index in [-0.39, 0.29) is 35.3 Å². The highest BCUT2D eigenvalue weighted by atomic mass is 35.5. The lowest BCUT2D eigenvalue weighted by Crippen LogP contribution is -2.40. The maximum absolute atomic E-state index is 12.7. The summed E-state index contributed by atoms with van der Waals surface area (Å²) in [7, 11) is -3.68. The molecule has 0 radical (unpaired) electrons. The van der Waals surface area contributed by atoms with Crippen molar-refractivity contribution in [1.82, 2.24) is 4.31 Å². The number of ether oxygens (including phenoxy) is 2. The first-order valence-electron chi connectivity index (χ1n) is 8.32. The topological polar surface area (TPSA) is 84.9 Å². The van der Waals surface area contributed by atoms with E-state index in [9.17, 15) is 13.2 Å². The minimum absolute atomic E-state index is 0.0630. The number of carbonyl (C=O) groups excluding carboxylic acids is 1. The van der Waals surface area contributed by atoms with Crippen LogP contribution in [0, 0.1) is 0 Å². The molecule has 27 heavy (non-hydrogen) atoms. The van der Waals surface area contributed by atoms with Crippen LogP contribution in [0.25, 0.3) is 0 Å². The summed E-state index contributed by atoms with van der Waals surface area (Å²) in [4.78, 5) is 12.2.